The van der Waals surface area contributed by atoms with Crippen molar-refractivity contribution >= 4 is 29.3 Å². The van der Waals surface area contributed by atoms with Crippen LogP contribution < -0.4 is 15.4 Å². The van der Waals surface area contributed by atoms with E-state index in [1.54, 1.807) is 18.2 Å². The second kappa shape index (κ2) is 7.73. The van der Waals surface area contributed by atoms with Crippen molar-refractivity contribution in [3.8, 4) is 5.75 Å². The number of hydrogen-bond donors (Lipinski definition) is 2. The largest absolute Gasteiger partial charge is 0.495 e. The first-order chi connectivity index (χ1) is 9.88. The Kier molecular flexibility index (Phi) is 6.30. The molecular formula is C14H19ClN2O4. The molecule has 2 N–H and O–H groups in total. The molecule has 0 fully saturated rings. The van der Waals surface area contributed by atoms with Gasteiger partial charge in [0.2, 0.25) is 0 Å². The van der Waals surface area contributed by atoms with Gasteiger partial charge in [0.15, 0.2) is 0 Å². The van der Waals surface area contributed by atoms with Gasteiger partial charge in [0, 0.05) is 5.69 Å². The Morgan fingerprint density at radius 1 is 1.24 bits per heavy atom. The number of urea groups is 1. The first-order valence-corrected chi connectivity index (χ1v) is 6.75. The third-order valence-corrected chi connectivity index (χ3v) is 3.11. The monoisotopic (exact) mass is 314 g/mol. The minimum Gasteiger partial charge on any atom is -0.495 e. The van der Waals surface area contributed by atoms with Gasteiger partial charge in [-0.15, -0.1) is 0 Å². The zero-order valence-electron chi connectivity index (χ0n) is 12.4. The lowest BCUT2D eigenvalue weighted by atomic mass is 10.1. The molecule has 0 aliphatic carbocycles. The first kappa shape index (κ1) is 17.1. The molecule has 1 atom stereocenters. The van der Waals surface area contributed by atoms with E-state index in [9.17, 15) is 9.59 Å². The van der Waals surface area contributed by atoms with Crippen LogP contribution in [0.1, 0.15) is 13.8 Å². The molecule has 21 heavy (non-hydrogen) atoms. The lowest BCUT2D eigenvalue weighted by Gasteiger charge is -2.20. The third-order valence-electron chi connectivity index (χ3n) is 2.82. The maximum atomic E-state index is 11.9. The average Bonchev–Trinajstić information content (AvgIpc) is 2.44. The number of carbonyl (C=O) groups is 2. The smallest absolute Gasteiger partial charge is 0.328 e. The van der Waals surface area contributed by atoms with E-state index in [0.29, 0.717) is 16.5 Å². The van der Waals surface area contributed by atoms with Crippen LogP contribution >= 0.6 is 11.6 Å². The molecule has 0 spiro atoms. The molecule has 0 aliphatic rings. The highest BCUT2D eigenvalue weighted by molar-refractivity contribution is 6.32. The second-order valence-corrected chi connectivity index (χ2v) is 5.10. The minimum atomic E-state index is -0.719. The van der Waals surface area contributed by atoms with Gasteiger partial charge in [-0.3, -0.25) is 0 Å². The molecule has 1 rings (SSSR count). The molecule has 0 heterocycles. The van der Waals surface area contributed by atoms with Crippen molar-refractivity contribution in [2.75, 3.05) is 19.5 Å². The van der Waals surface area contributed by atoms with Crippen molar-refractivity contribution in [3.63, 3.8) is 0 Å². The van der Waals surface area contributed by atoms with Crippen molar-refractivity contribution < 1.29 is 19.1 Å². The summed E-state index contributed by atoms with van der Waals surface area (Å²) in [6.07, 6.45) is 0. The molecule has 0 aromatic heterocycles. The first-order valence-electron chi connectivity index (χ1n) is 6.38. The van der Waals surface area contributed by atoms with Gasteiger partial charge in [-0.25, -0.2) is 9.59 Å². The number of halogens is 1. The zero-order valence-corrected chi connectivity index (χ0v) is 13.2. The number of ether oxygens (including phenoxy) is 2. The quantitative estimate of drug-likeness (QED) is 0.819. The maximum Gasteiger partial charge on any atom is 0.328 e. The van der Waals surface area contributed by atoms with Crippen molar-refractivity contribution in [1.82, 2.24) is 5.32 Å². The SMILES string of the molecule is COC(=O)[C@@H](NC(=O)Nc1ccc(OC)c(Cl)c1)C(C)C. The summed E-state index contributed by atoms with van der Waals surface area (Å²) in [6, 6.07) is 3.61. The maximum absolute atomic E-state index is 11.9. The Bertz CT molecular complexity index is 520. The summed E-state index contributed by atoms with van der Waals surface area (Å²) in [5, 5.41) is 5.54. The van der Waals surface area contributed by atoms with Crippen LogP contribution in [0.4, 0.5) is 10.5 Å². The van der Waals surface area contributed by atoms with Gasteiger partial charge < -0.3 is 20.1 Å². The Labute approximate surface area is 128 Å². The van der Waals surface area contributed by atoms with Gasteiger partial charge >= 0.3 is 12.0 Å². The molecule has 0 bridgehead atoms. The number of carbonyl (C=O) groups excluding carboxylic acids is 2. The highest BCUT2D eigenvalue weighted by Gasteiger charge is 2.24. The lowest BCUT2D eigenvalue weighted by molar-refractivity contribution is -0.143. The van der Waals surface area contributed by atoms with Crippen molar-refractivity contribution in [3.05, 3.63) is 23.2 Å². The molecule has 0 saturated heterocycles. The molecular weight excluding hydrogens is 296 g/mol. The van der Waals surface area contributed by atoms with E-state index in [4.69, 9.17) is 16.3 Å². The van der Waals surface area contributed by atoms with Gasteiger partial charge in [0.1, 0.15) is 11.8 Å². The molecule has 7 heteroatoms. The van der Waals surface area contributed by atoms with E-state index in [-0.39, 0.29) is 5.92 Å². The van der Waals surface area contributed by atoms with E-state index in [2.05, 4.69) is 15.4 Å². The normalized spacial score (nSPS) is 11.7. The summed E-state index contributed by atoms with van der Waals surface area (Å²) in [5.41, 5.74) is 0.491. The van der Waals surface area contributed by atoms with E-state index < -0.39 is 18.0 Å². The molecule has 0 unspecified atom stereocenters. The highest BCUT2D eigenvalue weighted by Crippen LogP contribution is 2.27. The van der Waals surface area contributed by atoms with E-state index in [1.807, 2.05) is 13.8 Å². The van der Waals surface area contributed by atoms with Crippen LogP contribution in [-0.4, -0.2) is 32.3 Å². The van der Waals surface area contributed by atoms with Crippen molar-refractivity contribution in [2.45, 2.75) is 19.9 Å². The number of esters is 1. The predicted octanol–water partition coefficient (Wildman–Crippen LogP) is 2.67. The summed E-state index contributed by atoms with van der Waals surface area (Å²) in [6.45, 7) is 3.62. The molecule has 2 amide bonds. The van der Waals surface area contributed by atoms with Crippen LogP contribution in [0, 0.1) is 5.92 Å². The Morgan fingerprint density at radius 3 is 2.38 bits per heavy atom. The number of benzene rings is 1. The standard InChI is InChI=1S/C14H19ClN2O4/c1-8(2)12(13(18)21-4)17-14(19)16-9-5-6-11(20-3)10(15)7-9/h5-8,12H,1-4H3,(H2,16,17,19)/t12-/m0/s1. The summed E-state index contributed by atoms with van der Waals surface area (Å²) in [5.74, 6) is -0.0761. The summed E-state index contributed by atoms with van der Waals surface area (Å²) in [7, 11) is 2.78. The van der Waals surface area contributed by atoms with Crippen LogP contribution in [0.5, 0.6) is 5.75 Å². The van der Waals surface area contributed by atoms with Crippen LogP contribution in [0.25, 0.3) is 0 Å². The number of nitrogens with one attached hydrogen (secondary N) is 2. The van der Waals surface area contributed by atoms with Crippen LogP contribution in [0.2, 0.25) is 5.02 Å². The third kappa shape index (κ3) is 4.82. The second-order valence-electron chi connectivity index (χ2n) is 4.69. The fourth-order valence-electron chi connectivity index (χ4n) is 1.68. The fraction of sp³-hybridized carbons (Fsp3) is 0.429. The minimum absolute atomic E-state index is 0.0948. The Balaban J connectivity index is 2.72. The topological polar surface area (TPSA) is 76.7 Å². The molecule has 1 aromatic rings. The number of hydrogen-bond acceptors (Lipinski definition) is 4. The zero-order chi connectivity index (χ0) is 16.0. The molecule has 0 saturated carbocycles. The van der Waals surface area contributed by atoms with E-state index in [1.165, 1.54) is 14.2 Å². The molecule has 0 radical (unpaired) electrons. The Hall–Kier alpha value is -1.95. The van der Waals surface area contributed by atoms with Crippen LogP contribution in [0.15, 0.2) is 18.2 Å². The van der Waals surface area contributed by atoms with Crippen LogP contribution in [-0.2, 0) is 9.53 Å². The van der Waals surface area contributed by atoms with Gasteiger partial charge in [0.05, 0.1) is 19.2 Å². The molecule has 116 valence electrons. The Morgan fingerprint density at radius 2 is 1.90 bits per heavy atom. The predicted molar refractivity (Wildman–Crippen MR) is 80.8 cm³/mol. The van der Waals surface area contributed by atoms with Gasteiger partial charge in [-0.1, -0.05) is 25.4 Å². The van der Waals surface area contributed by atoms with E-state index in [0.717, 1.165) is 0 Å². The molecule has 0 aliphatic heterocycles. The summed E-state index contributed by atoms with van der Waals surface area (Å²) < 4.78 is 9.68. The fourth-order valence-corrected chi connectivity index (χ4v) is 1.93. The number of anilines is 1. The molecule has 1 aromatic carbocycles. The van der Waals surface area contributed by atoms with Gasteiger partial charge in [0.25, 0.3) is 0 Å². The van der Waals surface area contributed by atoms with Crippen LogP contribution in [0.3, 0.4) is 0 Å². The van der Waals surface area contributed by atoms with Gasteiger partial charge in [-0.05, 0) is 24.1 Å². The van der Waals surface area contributed by atoms with Gasteiger partial charge in [-0.2, -0.15) is 0 Å². The number of rotatable bonds is 5. The highest BCUT2D eigenvalue weighted by atomic mass is 35.5. The van der Waals surface area contributed by atoms with Crippen molar-refractivity contribution in [2.24, 2.45) is 5.92 Å². The summed E-state index contributed by atoms with van der Waals surface area (Å²) >= 11 is 5.97. The lowest BCUT2D eigenvalue weighted by Crippen LogP contribution is -2.46. The van der Waals surface area contributed by atoms with Crippen molar-refractivity contribution in [1.29, 1.82) is 0 Å². The number of amides is 2. The number of methoxy groups -OCH3 is 2. The molecule has 6 nitrogen and oxygen atoms in total. The van der Waals surface area contributed by atoms with E-state index >= 15 is 0 Å². The summed E-state index contributed by atoms with van der Waals surface area (Å²) in [4.78, 5) is 23.5. The average molecular weight is 315 g/mol.